The first kappa shape index (κ1) is 15.8. The van der Waals surface area contributed by atoms with Crippen molar-refractivity contribution in [2.75, 3.05) is 24.6 Å². The molecule has 0 aromatic heterocycles. The van der Waals surface area contributed by atoms with Crippen LogP contribution in [0.3, 0.4) is 0 Å². The Labute approximate surface area is 130 Å². The van der Waals surface area contributed by atoms with E-state index in [4.69, 9.17) is 0 Å². The Morgan fingerprint density at radius 3 is 2.70 bits per heavy atom. The number of hydrogen-bond donors (Lipinski definition) is 2. The van der Waals surface area contributed by atoms with E-state index < -0.39 is 0 Å². The molecular weight excluding hydrogens is 316 g/mol. The molecule has 4 heteroatoms. The second kappa shape index (κ2) is 7.43. The molecule has 20 heavy (non-hydrogen) atoms. The quantitative estimate of drug-likeness (QED) is 0.797. The molecule has 0 aliphatic heterocycles. The van der Waals surface area contributed by atoms with Gasteiger partial charge in [0.05, 0.1) is 6.61 Å². The maximum atomic E-state index is 9.29. The highest BCUT2D eigenvalue weighted by molar-refractivity contribution is 9.10. The van der Waals surface area contributed by atoms with Gasteiger partial charge in [-0.25, -0.2) is 0 Å². The first-order valence-corrected chi connectivity index (χ1v) is 8.37. The summed E-state index contributed by atoms with van der Waals surface area (Å²) in [5, 5.41) is 12.7. The molecule has 112 valence electrons. The smallest absolute Gasteiger partial charge is 0.0606 e. The van der Waals surface area contributed by atoms with Crippen LogP contribution in [0, 0.1) is 0 Å². The van der Waals surface area contributed by atoms with Crippen LogP contribution in [0.1, 0.15) is 44.7 Å². The first-order chi connectivity index (χ1) is 9.67. The topological polar surface area (TPSA) is 35.5 Å². The third-order valence-corrected chi connectivity index (χ3v) is 4.84. The molecule has 0 amide bonds. The summed E-state index contributed by atoms with van der Waals surface area (Å²) in [5.74, 6) is 0. The monoisotopic (exact) mass is 340 g/mol. The lowest BCUT2D eigenvalue weighted by atomic mass is 9.91. The van der Waals surface area contributed by atoms with Crippen LogP contribution >= 0.6 is 15.9 Å². The van der Waals surface area contributed by atoms with Gasteiger partial charge in [-0.3, -0.25) is 0 Å². The predicted molar refractivity (Wildman–Crippen MR) is 88.3 cm³/mol. The number of nitrogens with one attached hydrogen (secondary N) is 1. The van der Waals surface area contributed by atoms with Crippen LogP contribution < -0.4 is 10.2 Å². The fraction of sp³-hybridized carbons (Fsp3) is 0.625. The molecule has 1 atom stereocenters. The molecular formula is C16H25BrN2O. The zero-order valence-corrected chi connectivity index (χ0v) is 14.0. The minimum Gasteiger partial charge on any atom is -0.395 e. The molecule has 1 fully saturated rings. The Balaban J connectivity index is 2.17. The van der Waals surface area contributed by atoms with Crippen molar-refractivity contribution in [2.24, 2.45) is 0 Å². The summed E-state index contributed by atoms with van der Waals surface area (Å²) in [6, 6.07) is 7.51. The van der Waals surface area contributed by atoms with Crippen LogP contribution in [0.2, 0.25) is 0 Å². The van der Waals surface area contributed by atoms with E-state index in [1.165, 1.54) is 30.5 Å². The zero-order chi connectivity index (χ0) is 14.5. The van der Waals surface area contributed by atoms with Crippen LogP contribution in [-0.2, 0) is 0 Å². The standard InChI is InChI=1S/C16H25BrN2O/c1-3-18-12(2)15-8-7-14(11-16(15)17)19(9-10-20)13-5-4-6-13/h7-8,11-13,18,20H,3-6,9-10H2,1-2H3. The average molecular weight is 341 g/mol. The van der Waals surface area contributed by atoms with Gasteiger partial charge < -0.3 is 15.3 Å². The van der Waals surface area contributed by atoms with Gasteiger partial charge in [0, 0.05) is 28.8 Å². The number of halogens is 1. The maximum Gasteiger partial charge on any atom is 0.0606 e. The Bertz CT molecular complexity index is 434. The summed E-state index contributed by atoms with van der Waals surface area (Å²) in [6.45, 7) is 6.20. The van der Waals surface area contributed by atoms with Gasteiger partial charge >= 0.3 is 0 Å². The lowest BCUT2D eigenvalue weighted by Gasteiger charge is -2.39. The number of anilines is 1. The number of benzene rings is 1. The average Bonchev–Trinajstić information content (AvgIpc) is 2.36. The van der Waals surface area contributed by atoms with E-state index in [1.807, 2.05) is 0 Å². The van der Waals surface area contributed by atoms with Crippen LogP contribution in [0.25, 0.3) is 0 Å². The molecule has 2 N–H and O–H groups in total. The Morgan fingerprint density at radius 2 is 2.20 bits per heavy atom. The molecule has 1 unspecified atom stereocenters. The van der Waals surface area contributed by atoms with Crippen LogP contribution in [0.4, 0.5) is 5.69 Å². The largest absolute Gasteiger partial charge is 0.395 e. The summed E-state index contributed by atoms with van der Waals surface area (Å²) in [6.07, 6.45) is 3.80. The van der Waals surface area contributed by atoms with Crippen molar-refractivity contribution in [1.82, 2.24) is 5.32 Å². The van der Waals surface area contributed by atoms with E-state index in [1.54, 1.807) is 0 Å². The van der Waals surface area contributed by atoms with Crippen molar-refractivity contribution in [2.45, 2.75) is 45.2 Å². The third-order valence-electron chi connectivity index (χ3n) is 4.15. The van der Waals surface area contributed by atoms with Gasteiger partial charge in [-0.05, 0) is 50.4 Å². The molecule has 1 aliphatic rings. The second-order valence-corrected chi connectivity index (χ2v) is 6.34. The number of hydrogen-bond acceptors (Lipinski definition) is 3. The second-order valence-electron chi connectivity index (χ2n) is 5.49. The van der Waals surface area contributed by atoms with Crippen LogP contribution in [0.15, 0.2) is 22.7 Å². The summed E-state index contributed by atoms with van der Waals surface area (Å²) in [4.78, 5) is 2.34. The van der Waals surface area contributed by atoms with Crippen LogP contribution in [0.5, 0.6) is 0 Å². The molecule has 3 nitrogen and oxygen atoms in total. The minimum absolute atomic E-state index is 0.212. The van der Waals surface area contributed by atoms with Crippen molar-refractivity contribution in [3.63, 3.8) is 0 Å². The SMILES string of the molecule is CCNC(C)c1ccc(N(CCO)C2CCC2)cc1Br. The van der Waals surface area contributed by atoms with E-state index in [0.717, 1.165) is 17.6 Å². The number of aliphatic hydroxyl groups excluding tert-OH is 1. The molecule has 2 rings (SSSR count). The van der Waals surface area contributed by atoms with Gasteiger partial charge in [-0.1, -0.05) is 28.9 Å². The molecule has 1 aliphatic carbocycles. The Kier molecular flexibility index (Phi) is 5.87. The van der Waals surface area contributed by atoms with Gasteiger partial charge in [0.25, 0.3) is 0 Å². The van der Waals surface area contributed by atoms with Crippen molar-refractivity contribution < 1.29 is 5.11 Å². The van der Waals surface area contributed by atoms with Crippen molar-refractivity contribution in [3.8, 4) is 0 Å². The minimum atomic E-state index is 0.212. The summed E-state index contributed by atoms with van der Waals surface area (Å²) in [7, 11) is 0. The molecule has 1 saturated carbocycles. The lowest BCUT2D eigenvalue weighted by Crippen LogP contribution is -2.42. The number of rotatable bonds is 7. The highest BCUT2D eigenvalue weighted by Crippen LogP contribution is 2.33. The molecule has 1 aromatic rings. The maximum absolute atomic E-state index is 9.29. The van der Waals surface area contributed by atoms with Crippen molar-refractivity contribution >= 4 is 21.6 Å². The molecule has 0 saturated heterocycles. The molecule has 0 heterocycles. The summed E-state index contributed by atoms with van der Waals surface area (Å²) < 4.78 is 1.14. The van der Waals surface area contributed by atoms with E-state index in [0.29, 0.717) is 12.1 Å². The van der Waals surface area contributed by atoms with Gasteiger partial charge in [-0.2, -0.15) is 0 Å². The lowest BCUT2D eigenvalue weighted by molar-refractivity contribution is 0.283. The molecule has 0 spiro atoms. The van der Waals surface area contributed by atoms with Gasteiger partial charge in [-0.15, -0.1) is 0 Å². The zero-order valence-electron chi connectivity index (χ0n) is 12.4. The predicted octanol–water partition coefficient (Wildman–Crippen LogP) is 3.47. The number of aliphatic hydroxyl groups is 1. The normalized spacial score (nSPS) is 16.8. The van der Waals surface area contributed by atoms with E-state index >= 15 is 0 Å². The van der Waals surface area contributed by atoms with Gasteiger partial charge in [0.15, 0.2) is 0 Å². The van der Waals surface area contributed by atoms with Gasteiger partial charge in [0.1, 0.15) is 0 Å². The van der Waals surface area contributed by atoms with Crippen molar-refractivity contribution in [1.29, 1.82) is 0 Å². The molecule has 0 radical (unpaired) electrons. The van der Waals surface area contributed by atoms with Gasteiger partial charge in [0.2, 0.25) is 0 Å². The highest BCUT2D eigenvalue weighted by Gasteiger charge is 2.25. The van der Waals surface area contributed by atoms with E-state index in [9.17, 15) is 5.11 Å². The summed E-state index contributed by atoms with van der Waals surface area (Å²) in [5.41, 5.74) is 2.50. The molecule has 1 aromatic carbocycles. The Hall–Kier alpha value is -0.580. The summed E-state index contributed by atoms with van der Waals surface area (Å²) >= 11 is 3.70. The van der Waals surface area contributed by atoms with E-state index in [2.05, 4.69) is 58.2 Å². The first-order valence-electron chi connectivity index (χ1n) is 7.57. The third kappa shape index (κ3) is 3.54. The fourth-order valence-electron chi connectivity index (χ4n) is 2.79. The molecule has 0 bridgehead atoms. The van der Waals surface area contributed by atoms with Crippen molar-refractivity contribution in [3.05, 3.63) is 28.2 Å². The van der Waals surface area contributed by atoms with Crippen LogP contribution in [-0.4, -0.2) is 30.8 Å². The van der Waals surface area contributed by atoms with E-state index in [-0.39, 0.29) is 6.61 Å². The highest BCUT2D eigenvalue weighted by atomic mass is 79.9. The fourth-order valence-corrected chi connectivity index (χ4v) is 3.50. The Morgan fingerprint density at radius 1 is 1.45 bits per heavy atom. The number of nitrogens with zero attached hydrogens (tertiary/aromatic N) is 1.